The predicted octanol–water partition coefficient (Wildman–Crippen LogP) is 2.71. The van der Waals surface area contributed by atoms with Crippen molar-refractivity contribution in [3.05, 3.63) is 0 Å². The summed E-state index contributed by atoms with van der Waals surface area (Å²) >= 11 is 0. The minimum absolute atomic E-state index is 0.884. The molecule has 5 heteroatoms. The highest BCUT2D eigenvalue weighted by Gasteiger charge is 2.52. The molecule has 2 unspecified atom stereocenters. The Labute approximate surface area is 131 Å². The fourth-order valence-electron chi connectivity index (χ4n) is 4.83. The fourth-order valence-corrected chi connectivity index (χ4v) is 8.19. The molecule has 2 atom stereocenters. The maximum Gasteiger partial charge on any atom is 0.521 e. The molecule has 0 radical (unpaired) electrons. The Kier molecular flexibility index (Phi) is 5.38. The van der Waals surface area contributed by atoms with Crippen molar-refractivity contribution >= 4 is 8.88 Å². The highest BCUT2D eigenvalue weighted by atomic mass is 28.4. The van der Waals surface area contributed by atoms with Crippen molar-refractivity contribution in [3.63, 3.8) is 0 Å². The third-order valence-corrected chi connectivity index (χ3v) is 9.49. The van der Waals surface area contributed by atoms with Gasteiger partial charge in [-0.15, -0.1) is 0 Å². The van der Waals surface area contributed by atoms with Crippen molar-refractivity contribution in [1.29, 1.82) is 0 Å². The number of hydrogen-bond acceptors (Lipinski definition) is 4. The first-order valence-corrected chi connectivity index (χ1v) is 10.6. The van der Waals surface area contributed by atoms with Gasteiger partial charge < -0.3 is 8.85 Å². The molecule has 21 heavy (non-hydrogen) atoms. The Balaban J connectivity index is 1.73. The van der Waals surface area contributed by atoms with Gasteiger partial charge in [0.1, 0.15) is 0 Å². The summed E-state index contributed by atoms with van der Waals surface area (Å²) in [6.07, 6.45) is 11.0. The molecule has 1 aliphatic carbocycles. The Morgan fingerprint density at radius 1 is 0.714 bits per heavy atom. The van der Waals surface area contributed by atoms with Crippen molar-refractivity contribution in [2.75, 3.05) is 40.4 Å². The van der Waals surface area contributed by atoms with Gasteiger partial charge in [0.2, 0.25) is 0 Å². The molecule has 2 saturated heterocycles. The lowest BCUT2D eigenvalue weighted by molar-refractivity contribution is 0.0411. The zero-order valence-electron chi connectivity index (χ0n) is 13.9. The normalized spacial score (nSPS) is 32.9. The van der Waals surface area contributed by atoms with Crippen LogP contribution < -0.4 is 0 Å². The van der Waals surface area contributed by atoms with E-state index in [2.05, 4.69) is 9.13 Å². The highest BCUT2D eigenvalue weighted by Crippen LogP contribution is 2.38. The molecule has 1 saturated carbocycles. The van der Waals surface area contributed by atoms with Crippen LogP contribution in [0.15, 0.2) is 0 Å². The second-order valence-electron chi connectivity index (χ2n) is 7.04. The van der Waals surface area contributed by atoms with Crippen LogP contribution in [0.2, 0.25) is 0 Å². The monoisotopic (exact) mass is 312 g/mol. The van der Waals surface area contributed by atoms with Crippen molar-refractivity contribution in [2.24, 2.45) is 11.8 Å². The van der Waals surface area contributed by atoms with Gasteiger partial charge in [-0.2, -0.15) is 0 Å². The van der Waals surface area contributed by atoms with Gasteiger partial charge in [0.15, 0.2) is 0 Å². The first-order valence-electron chi connectivity index (χ1n) is 8.90. The Hall–Kier alpha value is 0.0569. The number of rotatable bonds is 4. The molecule has 3 fully saturated rings. The van der Waals surface area contributed by atoms with Gasteiger partial charge >= 0.3 is 8.88 Å². The van der Waals surface area contributed by atoms with Crippen molar-refractivity contribution < 1.29 is 8.85 Å². The van der Waals surface area contributed by atoms with Crippen LogP contribution in [0.1, 0.15) is 51.4 Å². The van der Waals surface area contributed by atoms with Crippen LogP contribution in [0.4, 0.5) is 0 Å². The van der Waals surface area contributed by atoms with Gasteiger partial charge in [-0.1, -0.05) is 25.7 Å². The molecular formula is C16H32N2O2Si. The molecular weight excluding hydrogens is 280 g/mol. The third kappa shape index (κ3) is 3.08. The molecule has 4 nitrogen and oxygen atoms in total. The van der Waals surface area contributed by atoms with E-state index in [0.717, 1.165) is 24.9 Å². The zero-order valence-corrected chi connectivity index (χ0v) is 14.9. The zero-order chi connectivity index (χ0) is 14.7. The first kappa shape index (κ1) is 15.9. The average Bonchev–Trinajstić information content (AvgIpc) is 2.57. The number of nitrogens with zero attached hydrogens (tertiary/aromatic N) is 2. The molecule has 0 bridgehead atoms. The van der Waals surface area contributed by atoms with E-state index in [1.165, 1.54) is 64.5 Å². The lowest BCUT2D eigenvalue weighted by atomic mass is 9.76. The second-order valence-corrected chi connectivity index (χ2v) is 10.2. The van der Waals surface area contributed by atoms with Crippen LogP contribution >= 0.6 is 0 Å². The summed E-state index contributed by atoms with van der Waals surface area (Å²) in [6.45, 7) is 4.68. The lowest BCUT2D eigenvalue weighted by Gasteiger charge is -2.50. The summed E-state index contributed by atoms with van der Waals surface area (Å²) in [5.41, 5.74) is 0. The fraction of sp³-hybridized carbons (Fsp3) is 1.00. The lowest BCUT2D eigenvalue weighted by Crippen LogP contribution is -2.71. The molecule has 2 heterocycles. The number of piperidine rings is 2. The Morgan fingerprint density at radius 2 is 1.38 bits per heavy atom. The summed E-state index contributed by atoms with van der Waals surface area (Å²) in [5, 5.41) is 0. The van der Waals surface area contributed by atoms with Crippen LogP contribution in [0, 0.1) is 11.8 Å². The molecule has 122 valence electrons. The standard InChI is InChI=1S/C16H32N2O2Si/c1-19-21(20-2,17-11-6-3-7-12-17)18-13-10-15-8-4-5-9-16(15)14-18/h15-16H,3-14H2,1-2H3. The van der Waals surface area contributed by atoms with E-state index in [0.29, 0.717) is 0 Å². The van der Waals surface area contributed by atoms with Gasteiger partial charge in [0, 0.05) is 14.2 Å². The van der Waals surface area contributed by atoms with Crippen molar-refractivity contribution in [3.8, 4) is 0 Å². The van der Waals surface area contributed by atoms with Crippen LogP contribution in [0.5, 0.6) is 0 Å². The van der Waals surface area contributed by atoms with E-state index in [1.807, 2.05) is 14.2 Å². The van der Waals surface area contributed by atoms with E-state index in [1.54, 1.807) is 0 Å². The minimum atomic E-state index is -2.35. The molecule has 0 amide bonds. The number of fused-ring (bicyclic) bond motifs is 1. The summed E-state index contributed by atoms with van der Waals surface area (Å²) < 4.78 is 17.4. The van der Waals surface area contributed by atoms with E-state index in [4.69, 9.17) is 8.85 Å². The number of hydrogen-bond donors (Lipinski definition) is 0. The SMILES string of the molecule is CO[Si](OC)(N1CCCCC1)N1CCC2CCCCC2C1. The summed E-state index contributed by atoms with van der Waals surface area (Å²) in [5.74, 6) is 1.85. The van der Waals surface area contributed by atoms with Gasteiger partial charge in [-0.05, 0) is 63.7 Å². The van der Waals surface area contributed by atoms with Crippen LogP contribution in [-0.2, 0) is 8.85 Å². The van der Waals surface area contributed by atoms with Gasteiger partial charge in [0.25, 0.3) is 0 Å². The molecule has 0 N–H and O–H groups in total. The summed E-state index contributed by atoms with van der Waals surface area (Å²) in [6, 6.07) is 0. The summed E-state index contributed by atoms with van der Waals surface area (Å²) in [7, 11) is 1.39. The maximum absolute atomic E-state index is 6.11. The first-order chi connectivity index (χ1) is 10.3. The second kappa shape index (κ2) is 7.09. The van der Waals surface area contributed by atoms with E-state index in [-0.39, 0.29) is 0 Å². The van der Waals surface area contributed by atoms with Crippen LogP contribution in [0.3, 0.4) is 0 Å². The maximum atomic E-state index is 6.11. The topological polar surface area (TPSA) is 24.9 Å². The molecule has 0 spiro atoms. The quantitative estimate of drug-likeness (QED) is 0.745. The predicted molar refractivity (Wildman–Crippen MR) is 86.8 cm³/mol. The van der Waals surface area contributed by atoms with Crippen LogP contribution in [-0.4, -0.2) is 58.4 Å². The van der Waals surface area contributed by atoms with Crippen LogP contribution in [0.25, 0.3) is 0 Å². The highest BCUT2D eigenvalue weighted by molar-refractivity contribution is 6.61. The Morgan fingerprint density at radius 3 is 2.05 bits per heavy atom. The molecule has 0 aromatic carbocycles. The minimum Gasteiger partial charge on any atom is -0.374 e. The summed E-state index contributed by atoms with van der Waals surface area (Å²) in [4.78, 5) is 0. The third-order valence-electron chi connectivity index (χ3n) is 5.98. The molecule has 0 aromatic heterocycles. The van der Waals surface area contributed by atoms with E-state index < -0.39 is 8.88 Å². The smallest absolute Gasteiger partial charge is 0.374 e. The van der Waals surface area contributed by atoms with Crippen molar-refractivity contribution in [2.45, 2.75) is 51.4 Å². The molecule has 3 rings (SSSR count). The van der Waals surface area contributed by atoms with E-state index in [9.17, 15) is 0 Å². The van der Waals surface area contributed by atoms with Gasteiger partial charge in [0.05, 0.1) is 0 Å². The van der Waals surface area contributed by atoms with Gasteiger partial charge in [-0.25, -0.2) is 0 Å². The largest absolute Gasteiger partial charge is 0.521 e. The van der Waals surface area contributed by atoms with Crippen molar-refractivity contribution in [1.82, 2.24) is 9.13 Å². The Bertz CT molecular complexity index is 332. The molecule has 0 aromatic rings. The molecule has 3 aliphatic rings. The van der Waals surface area contributed by atoms with Gasteiger partial charge in [-0.3, -0.25) is 9.13 Å². The average molecular weight is 313 g/mol. The van der Waals surface area contributed by atoms with E-state index >= 15 is 0 Å². The molecule has 2 aliphatic heterocycles.